The van der Waals surface area contributed by atoms with E-state index in [1.165, 1.54) is 29.2 Å². The van der Waals surface area contributed by atoms with Crippen LogP contribution in [-0.4, -0.2) is 81.3 Å². The highest BCUT2D eigenvalue weighted by molar-refractivity contribution is 5.95. The zero-order valence-electron chi connectivity index (χ0n) is 25.0. The Morgan fingerprint density at radius 1 is 0.955 bits per heavy atom. The van der Waals surface area contributed by atoms with Gasteiger partial charge in [0.2, 0.25) is 11.8 Å². The lowest BCUT2D eigenvalue weighted by Gasteiger charge is -2.33. The Balaban J connectivity index is 1.65. The molecule has 0 aliphatic carbocycles. The van der Waals surface area contributed by atoms with Crippen molar-refractivity contribution in [1.82, 2.24) is 9.80 Å². The number of likely N-dealkylation sites (N-methyl/N-ethyl adjacent to an activating group) is 1. The fourth-order valence-corrected chi connectivity index (χ4v) is 4.98. The molecular weight excluding hydrogens is 571 g/mol. The van der Waals surface area contributed by atoms with Gasteiger partial charge in [-0.3, -0.25) is 9.59 Å². The molecule has 0 radical (unpaired) electrons. The van der Waals surface area contributed by atoms with Crippen molar-refractivity contribution in [2.45, 2.75) is 25.2 Å². The Morgan fingerprint density at radius 2 is 1.61 bits per heavy atom. The summed E-state index contributed by atoms with van der Waals surface area (Å²) in [5.41, 5.74) is 2.44. The van der Waals surface area contributed by atoms with Crippen LogP contribution in [0, 0.1) is 0 Å². The number of amides is 2. The molecule has 0 spiro atoms. The molecule has 0 aromatic heterocycles. The van der Waals surface area contributed by atoms with Crippen molar-refractivity contribution in [2.75, 3.05) is 58.5 Å². The number of ether oxygens (including phenoxy) is 2. The summed E-state index contributed by atoms with van der Waals surface area (Å²) in [5, 5.41) is 0. The highest BCUT2D eigenvalue weighted by atomic mass is 19.4. The number of anilines is 1. The van der Waals surface area contributed by atoms with Crippen LogP contribution in [0.4, 0.5) is 18.9 Å². The van der Waals surface area contributed by atoms with E-state index in [9.17, 15) is 22.8 Å². The summed E-state index contributed by atoms with van der Waals surface area (Å²) in [7, 11) is 3.24. The summed E-state index contributed by atoms with van der Waals surface area (Å²) < 4.78 is 49.7. The van der Waals surface area contributed by atoms with E-state index in [2.05, 4.69) is 4.90 Å². The van der Waals surface area contributed by atoms with Crippen LogP contribution >= 0.6 is 0 Å². The Bertz CT molecular complexity index is 1370. The van der Waals surface area contributed by atoms with Crippen LogP contribution in [0.3, 0.4) is 0 Å². The van der Waals surface area contributed by atoms with Crippen molar-refractivity contribution in [3.8, 4) is 0 Å². The molecule has 0 N–H and O–H groups in total. The molecule has 234 valence electrons. The largest absolute Gasteiger partial charge is 0.416 e. The second-order valence-electron chi connectivity index (χ2n) is 10.6. The number of carbonyl (C=O) groups is 2. The fourth-order valence-electron chi connectivity index (χ4n) is 4.98. The van der Waals surface area contributed by atoms with Gasteiger partial charge in [0.1, 0.15) is 6.04 Å². The number of morpholine rings is 1. The van der Waals surface area contributed by atoms with Gasteiger partial charge in [0, 0.05) is 58.5 Å². The van der Waals surface area contributed by atoms with Crippen LogP contribution in [-0.2, 0) is 38.2 Å². The Morgan fingerprint density at radius 3 is 2.23 bits per heavy atom. The second kappa shape index (κ2) is 15.5. The van der Waals surface area contributed by atoms with Crippen molar-refractivity contribution >= 4 is 23.6 Å². The number of rotatable bonds is 12. The van der Waals surface area contributed by atoms with E-state index in [1.807, 2.05) is 54.6 Å². The van der Waals surface area contributed by atoms with Crippen molar-refractivity contribution in [3.05, 3.63) is 107 Å². The molecule has 2 amide bonds. The highest BCUT2D eigenvalue weighted by Crippen LogP contribution is 2.29. The summed E-state index contributed by atoms with van der Waals surface area (Å²) in [6, 6.07) is 21.1. The first-order chi connectivity index (χ1) is 21.2. The summed E-state index contributed by atoms with van der Waals surface area (Å²) in [5.74, 6) is -0.677. The van der Waals surface area contributed by atoms with Gasteiger partial charge < -0.3 is 24.2 Å². The van der Waals surface area contributed by atoms with Crippen LogP contribution in [0.2, 0.25) is 0 Å². The molecule has 1 atom stereocenters. The number of alkyl halides is 3. The van der Waals surface area contributed by atoms with Gasteiger partial charge in [-0.25, -0.2) is 0 Å². The van der Waals surface area contributed by atoms with Gasteiger partial charge in [-0.05, 0) is 47.0 Å². The lowest BCUT2D eigenvalue weighted by Crippen LogP contribution is -2.51. The maximum Gasteiger partial charge on any atom is 0.416 e. The minimum Gasteiger partial charge on any atom is -0.383 e. The number of hydrogen-bond donors (Lipinski definition) is 0. The summed E-state index contributed by atoms with van der Waals surface area (Å²) >= 11 is 0. The molecule has 10 heteroatoms. The molecule has 1 aliphatic rings. The third kappa shape index (κ3) is 9.17. The van der Waals surface area contributed by atoms with Crippen LogP contribution < -0.4 is 4.90 Å². The molecule has 0 saturated carbocycles. The number of nitrogens with zero attached hydrogens (tertiary/aromatic N) is 3. The molecular formula is C34H38F3N3O4. The van der Waals surface area contributed by atoms with Gasteiger partial charge >= 0.3 is 6.18 Å². The monoisotopic (exact) mass is 609 g/mol. The number of carbonyl (C=O) groups excluding carboxylic acids is 2. The SMILES string of the molecule is COCCN(C)C(=O)C(Cc1ccccc1)N(Cc1ccc(N2CCOCC2)cc1)C(=O)C=Cc1ccc(C(F)(F)F)cc1. The van der Waals surface area contributed by atoms with Crippen LogP contribution in [0.25, 0.3) is 6.08 Å². The lowest BCUT2D eigenvalue weighted by atomic mass is 10.0. The van der Waals surface area contributed by atoms with Gasteiger partial charge in [-0.1, -0.05) is 54.6 Å². The standard InChI is InChI=1S/C34H38F3N3O4/c1-38(18-21-43-2)33(42)31(24-27-6-4-3-5-7-27)40(25-28-10-15-30(16-11-28)39-19-22-44-23-20-39)32(41)17-12-26-8-13-29(14-9-26)34(35,36)37/h3-17,31H,18-25H2,1-2H3. The topological polar surface area (TPSA) is 62.3 Å². The Labute approximate surface area is 256 Å². The van der Waals surface area contributed by atoms with Gasteiger partial charge in [0.05, 0.1) is 25.4 Å². The van der Waals surface area contributed by atoms with E-state index in [0.717, 1.165) is 42.0 Å². The molecule has 7 nitrogen and oxygen atoms in total. The smallest absolute Gasteiger partial charge is 0.383 e. The predicted octanol–water partition coefficient (Wildman–Crippen LogP) is 5.30. The molecule has 0 bridgehead atoms. The number of benzene rings is 3. The van der Waals surface area contributed by atoms with Gasteiger partial charge in [0.15, 0.2) is 0 Å². The molecule has 1 heterocycles. The molecule has 3 aromatic rings. The normalized spacial score (nSPS) is 14.4. The third-order valence-corrected chi connectivity index (χ3v) is 7.55. The predicted molar refractivity (Wildman–Crippen MR) is 164 cm³/mol. The first-order valence-corrected chi connectivity index (χ1v) is 14.5. The highest BCUT2D eigenvalue weighted by Gasteiger charge is 2.32. The van der Waals surface area contributed by atoms with Crippen LogP contribution in [0.15, 0.2) is 84.9 Å². The number of methoxy groups -OCH3 is 1. The molecule has 1 saturated heterocycles. The van der Waals surface area contributed by atoms with Crippen LogP contribution in [0.5, 0.6) is 0 Å². The minimum absolute atomic E-state index is 0.154. The fraction of sp³-hybridized carbons (Fsp3) is 0.353. The van der Waals surface area contributed by atoms with E-state index in [4.69, 9.17) is 9.47 Å². The molecule has 3 aromatic carbocycles. The van der Waals surface area contributed by atoms with E-state index in [1.54, 1.807) is 19.1 Å². The van der Waals surface area contributed by atoms with E-state index >= 15 is 0 Å². The Kier molecular flexibility index (Phi) is 11.6. The van der Waals surface area contributed by atoms with Gasteiger partial charge in [0.25, 0.3) is 0 Å². The molecule has 44 heavy (non-hydrogen) atoms. The second-order valence-corrected chi connectivity index (χ2v) is 10.6. The molecule has 4 rings (SSSR count). The quantitative estimate of drug-likeness (QED) is 0.261. The van der Waals surface area contributed by atoms with Gasteiger partial charge in [-0.2, -0.15) is 13.2 Å². The first-order valence-electron chi connectivity index (χ1n) is 14.5. The zero-order chi connectivity index (χ0) is 31.5. The zero-order valence-corrected chi connectivity index (χ0v) is 25.0. The maximum absolute atomic E-state index is 13.9. The lowest BCUT2D eigenvalue weighted by molar-refractivity contribution is -0.143. The Hall–Kier alpha value is -4.15. The molecule has 1 aliphatic heterocycles. The maximum atomic E-state index is 13.9. The molecule has 1 fully saturated rings. The number of halogens is 3. The average Bonchev–Trinajstić information content (AvgIpc) is 3.04. The average molecular weight is 610 g/mol. The summed E-state index contributed by atoms with van der Waals surface area (Å²) in [6.07, 6.45) is -1.39. The van der Waals surface area contributed by atoms with E-state index in [-0.39, 0.29) is 18.9 Å². The van der Waals surface area contributed by atoms with Crippen molar-refractivity contribution < 1.29 is 32.2 Å². The van der Waals surface area contributed by atoms with Crippen molar-refractivity contribution in [2.24, 2.45) is 0 Å². The van der Waals surface area contributed by atoms with E-state index < -0.39 is 23.7 Å². The van der Waals surface area contributed by atoms with Crippen LogP contribution in [0.1, 0.15) is 22.3 Å². The van der Waals surface area contributed by atoms with Crippen molar-refractivity contribution in [3.63, 3.8) is 0 Å². The number of hydrogen-bond acceptors (Lipinski definition) is 5. The summed E-state index contributed by atoms with van der Waals surface area (Å²) in [4.78, 5) is 33.1. The van der Waals surface area contributed by atoms with Gasteiger partial charge in [-0.15, -0.1) is 0 Å². The minimum atomic E-state index is -4.45. The molecule has 1 unspecified atom stereocenters. The first kappa shape index (κ1) is 32.8. The van der Waals surface area contributed by atoms with E-state index in [0.29, 0.717) is 31.9 Å². The van der Waals surface area contributed by atoms with Crippen molar-refractivity contribution in [1.29, 1.82) is 0 Å². The summed E-state index contributed by atoms with van der Waals surface area (Å²) in [6.45, 7) is 3.74. The third-order valence-electron chi connectivity index (χ3n) is 7.55.